The Balaban J connectivity index is 2.28. The zero-order valence-electron chi connectivity index (χ0n) is 11.6. The molecule has 2 heterocycles. The minimum Gasteiger partial charge on any atom is -0.496 e. The summed E-state index contributed by atoms with van der Waals surface area (Å²) < 4.78 is 5.30. The highest BCUT2D eigenvalue weighted by Crippen LogP contribution is 2.33. The van der Waals surface area contributed by atoms with Crippen molar-refractivity contribution in [3.63, 3.8) is 0 Å². The van der Waals surface area contributed by atoms with E-state index in [4.69, 9.17) is 4.74 Å². The third-order valence-corrected chi connectivity index (χ3v) is 4.44. The van der Waals surface area contributed by atoms with Gasteiger partial charge in [-0.15, -0.1) is 11.3 Å². The molecule has 19 heavy (non-hydrogen) atoms. The van der Waals surface area contributed by atoms with Gasteiger partial charge in [0.15, 0.2) is 0 Å². The van der Waals surface area contributed by atoms with Crippen LogP contribution in [0.1, 0.15) is 30.7 Å². The molecule has 5 heteroatoms. The Morgan fingerprint density at radius 1 is 1.63 bits per heavy atom. The topological polar surface area (TPSA) is 50.7 Å². The Bertz CT molecular complexity index is 558. The van der Waals surface area contributed by atoms with Gasteiger partial charge in [-0.05, 0) is 25.5 Å². The van der Waals surface area contributed by atoms with Gasteiger partial charge in [0.05, 0.1) is 12.8 Å². The first-order valence-corrected chi connectivity index (χ1v) is 7.08. The molecular weight excluding hydrogens is 260 g/mol. The van der Waals surface area contributed by atoms with E-state index in [-0.39, 0.29) is 11.8 Å². The van der Waals surface area contributed by atoms with E-state index in [1.54, 1.807) is 18.4 Å². The molecule has 0 radical (unpaired) electrons. The molecule has 0 fully saturated rings. The van der Waals surface area contributed by atoms with E-state index in [0.717, 1.165) is 22.6 Å². The molecule has 1 aliphatic rings. The average molecular weight is 278 g/mol. The van der Waals surface area contributed by atoms with Crippen molar-refractivity contribution in [3.8, 4) is 5.75 Å². The van der Waals surface area contributed by atoms with Gasteiger partial charge in [-0.25, -0.2) is 5.43 Å². The van der Waals surface area contributed by atoms with E-state index < -0.39 is 0 Å². The lowest BCUT2D eigenvalue weighted by molar-refractivity contribution is -0.121. The van der Waals surface area contributed by atoms with Crippen LogP contribution >= 0.6 is 11.3 Å². The molecule has 0 saturated carbocycles. The molecule has 0 bridgehead atoms. The number of carbonyl (C=O) groups excluding carboxylic acids is 1. The number of methoxy groups -OCH3 is 1. The Labute approximate surface area is 117 Å². The minimum absolute atomic E-state index is 0.0173. The number of rotatable bonds is 3. The van der Waals surface area contributed by atoms with E-state index in [1.165, 1.54) is 4.88 Å². The Kier molecular flexibility index (Phi) is 4.04. The van der Waals surface area contributed by atoms with Crippen LogP contribution in [0.4, 0.5) is 0 Å². The smallest absolute Gasteiger partial charge is 0.240 e. The van der Waals surface area contributed by atoms with Crippen molar-refractivity contribution in [2.24, 2.45) is 11.0 Å². The summed E-state index contributed by atoms with van der Waals surface area (Å²) in [4.78, 5) is 12.4. The van der Waals surface area contributed by atoms with Crippen molar-refractivity contribution < 1.29 is 9.53 Å². The third-order valence-electron chi connectivity index (χ3n) is 3.24. The van der Waals surface area contributed by atoms with Gasteiger partial charge in [-0.1, -0.05) is 6.92 Å². The predicted octanol–water partition coefficient (Wildman–Crippen LogP) is 2.98. The molecule has 1 N–H and O–H groups in total. The highest BCUT2D eigenvalue weighted by atomic mass is 32.1. The number of carbonyl (C=O) groups is 1. The molecule has 0 spiro atoms. The fourth-order valence-electron chi connectivity index (χ4n) is 2.12. The molecule has 1 unspecified atom stereocenters. The first kappa shape index (κ1) is 13.8. The predicted molar refractivity (Wildman–Crippen MR) is 78.6 cm³/mol. The van der Waals surface area contributed by atoms with Gasteiger partial charge >= 0.3 is 0 Å². The molecule has 4 nitrogen and oxygen atoms in total. The van der Waals surface area contributed by atoms with Crippen molar-refractivity contribution in [1.29, 1.82) is 0 Å². The second kappa shape index (κ2) is 5.57. The molecule has 1 amide bonds. The second-order valence-electron chi connectivity index (χ2n) is 4.76. The maximum Gasteiger partial charge on any atom is 0.240 e. The van der Waals surface area contributed by atoms with Crippen LogP contribution < -0.4 is 10.2 Å². The summed E-state index contributed by atoms with van der Waals surface area (Å²) in [6.45, 7) is 6.13. The van der Waals surface area contributed by atoms with E-state index in [0.29, 0.717) is 6.42 Å². The zero-order chi connectivity index (χ0) is 14.0. The Morgan fingerprint density at radius 3 is 2.95 bits per heavy atom. The fourth-order valence-corrected chi connectivity index (χ4v) is 3.14. The lowest BCUT2D eigenvalue weighted by atomic mass is 9.97. The fraction of sp³-hybridized carbons (Fsp3) is 0.429. The lowest BCUT2D eigenvalue weighted by Crippen LogP contribution is -2.30. The van der Waals surface area contributed by atoms with E-state index in [2.05, 4.69) is 24.4 Å². The summed E-state index contributed by atoms with van der Waals surface area (Å²) in [6.07, 6.45) is 2.54. The largest absolute Gasteiger partial charge is 0.496 e. The van der Waals surface area contributed by atoms with Crippen LogP contribution in [0.5, 0.6) is 5.75 Å². The second-order valence-corrected chi connectivity index (χ2v) is 5.64. The van der Waals surface area contributed by atoms with Crippen LogP contribution in [0.3, 0.4) is 0 Å². The standard InChI is InChI=1S/C14H18N2O2S/c1-8-6-13(17)16-15-11(8)5-9(2)14-10(3)12(18-4)7-19-14/h5,7-8H,6H2,1-4H3,(H,16,17). The average Bonchev–Trinajstić information content (AvgIpc) is 2.74. The number of hydrazone groups is 1. The van der Waals surface area contributed by atoms with E-state index in [9.17, 15) is 4.79 Å². The van der Waals surface area contributed by atoms with Crippen LogP contribution in [0.15, 0.2) is 16.6 Å². The van der Waals surface area contributed by atoms with Crippen LogP contribution in [0.25, 0.3) is 5.57 Å². The van der Waals surface area contributed by atoms with Crippen molar-refractivity contribution >= 4 is 28.5 Å². The molecule has 0 aliphatic carbocycles. The van der Waals surface area contributed by atoms with E-state index in [1.807, 2.05) is 18.4 Å². The van der Waals surface area contributed by atoms with Gasteiger partial charge in [0.1, 0.15) is 5.75 Å². The third kappa shape index (κ3) is 2.87. The van der Waals surface area contributed by atoms with Gasteiger partial charge in [0, 0.05) is 28.2 Å². The van der Waals surface area contributed by atoms with Crippen LogP contribution in [0.2, 0.25) is 0 Å². The van der Waals surface area contributed by atoms with Gasteiger partial charge in [0.2, 0.25) is 5.91 Å². The van der Waals surface area contributed by atoms with Crippen LogP contribution in [-0.2, 0) is 4.79 Å². The highest BCUT2D eigenvalue weighted by Gasteiger charge is 2.19. The number of ether oxygens (including phenoxy) is 1. The molecule has 0 aromatic carbocycles. The summed E-state index contributed by atoms with van der Waals surface area (Å²) in [5.74, 6) is 1.06. The van der Waals surface area contributed by atoms with Crippen molar-refractivity contribution in [1.82, 2.24) is 5.43 Å². The summed E-state index contributed by atoms with van der Waals surface area (Å²) in [6, 6.07) is 0. The lowest BCUT2D eigenvalue weighted by Gasteiger charge is -2.17. The summed E-state index contributed by atoms with van der Waals surface area (Å²) in [5.41, 5.74) is 5.75. The highest BCUT2D eigenvalue weighted by molar-refractivity contribution is 7.11. The zero-order valence-corrected chi connectivity index (χ0v) is 12.4. The number of nitrogens with zero attached hydrogens (tertiary/aromatic N) is 1. The molecule has 0 saturated heterocycles. The maximum absolute atomic E-state index is 11.2. The number of nitrogens with one attached hydrogen (secondary N) is 1. The first-order valence-electron chi connectivity index (χ1n) is 6.20. The molecule has 1 atom stereocenters. The Hall–Kier alpha value is -1.62. The van der Waals surface area contributed by atoms with Gasteiger partial charge in [0.25, 0.3) is 0 Å². The number of allylic oxidation sites excluding steroid dienone is 2. The van der Waals surface area contributed by atoms with E-state index >= 15 is 0 Å². The van der Waals surface area contributed by atoms with Gasteiger partial charge < -0.3 is 4.74 Å². The van der Waals surface area contributed by atoms with Crippen LogP contribution in [0, 0.1) is 12.8 Å². The monoisotopic (exact) mass is 278 g/mol. The normalized spacial score (nSPS) is 20.0. The number of hydrogen-bond donors (Lipinski definition) is 1. The van der Waals surface area contributed by atoms with Crippen molar-refractivity contribution in [2.75, 3.05) is 7.11 Å². The number of thiophene rings is 1. The van der Waals surface area contributed by atoms with Crippen molar-refractivity contribution in [3.05, 3.63) is 21.9 Å². The minimum atomic E-state index is -0.0173. The summed E-state index contributed by atoms with van der Waals surface area (Å²) in [5, 5.41) is 6.14. The number of hydrogen-bond acceptors (Lipinski definition) is 4. The van der Waals surface area contributed by atoms with Crippen LogP contribution in [-0.4, -0.2) is 18.7 Å². The summed E-state index contributed by atoms with van der Waals surface area (Å²) >= 11 is 1.66. The first-order chi connectivity index (χ1) is 9.02. The van der Waals surface area contributed by atoms with Crippen molar-refractivity contribution in [2.45, 2.75) is 27.2 Å². The number of amides is 1. The molecule has 102 valence electrons. The molecule has 1 aromatic rings. The maximum atomic E-state index is 11.2. The Morgan fingerprint density at radius 2 is 2.37 bits per heavy atom. The quantitative estimate of drug-likeness (QED) is 0.924. The molecule has 1 aromatic heterocycles. The molecule has 2 rings (SSSR count). The van der Waals surface area contributed by atoms with Gasteiger partial charge in [-0.2, -0.15) is 5.10 Å². The molecular formula is C14H18N2O2S. The summed E-state index contributed by atoms with van der Waals surface area (Å²) in [7, 11) is 1.68. The van der Waals surface area contributed by atoms with Gasteiger partial charge in [-0.3, -0.25) is 4.79 Å². The molecule has 1 aliphatic heterocycles. The SMILES string of the molecule is COc1csc(C(C)=CC2=NNC(=O)CC2C)c1C.